The van der Waals surface area contributed by atoms with Gasteiger partial charge >= 0.3 is 6.03 Å². The van der Waals surface area contributed by atoms with Crippen LogP contribution in [-0.2, 0) is 9.84 Å². The van der Waals surface area contributed by atoms with Gasteiger partial charge in [-0.25, -0.2) is 13.2 Å². The topological polar surface area (TPSA) is 86.7 Å². The van der Waals surface area contributed by atoms with E-state index in [1.54, 1.807) is 4.90 Å². The van der Waals surface area contributed by atoms with Gasteiger partial charge in [-0.05, 0) is 25.7 Å². The summed E-state index contributed by atoms with van der Waals surface area (Å²) in [6.45, 7) is 0.604. The molecule has 2 amide bonds. The molecule has 2 aliphatic heterocycles. The van der Waals surface area contributed by atoms with Crippen LogP contribution in [0.1, 0.15) is 25.7 Å². The van der Waals surface area contributed by atoms with Crippen molar-refractivity contribution >= 4 is 15.9 Å². The maximum atomic E-state index is 12.0. The number of rotatable bonds is 2. The zero-order valence-electron chi connectivity index (χ0n) is 10.3. The Labute approximate surface area is 107 Å². The van der Waals surface area contributed by atoms with Crippen LogP contribution in [0.2, 0.25) is 0 Å². The summed E-state index contributed by atoms with van der Waals surface area (Å²) in [5.41, 5.74) is 0. The maximum absolute atomic E-state index is 12.0. The minimum Gasteiger partial charge on any atom is -0.394 e. The molecule has 1 unspecified atom stereocenters. The second kappa shape index (κ2) is 5.44. The number of hydrogen-bond donors (Lipinski definition) is 2. The Morgan fingerprint density at radius 1 is 1.33 bits per heavy atom. The maximum Gasteiger partial charge on any atom is 0.317 e. The average Bonchev–Trinajstić information content (AvgIpc) is 2.75. The summed E-state index contributed by atoms with van der Waals surface area (Å²) in [6.07, 6.45) is 3.02. The van der Waals surface area contributed by atoms with E-state index < -0.39 is 9.84 Å². The lowest BCUT2D eigenvalue weighted by Gasteiger charge is -2.28. The molecule has 18 heavy (non-hydrogen) atoms. The first kappa shape index (κ1) is 13.6. The highest BCUT2D eigenvalue weighted by Gasteiger charge is 2.31. The second-order valence-electron chi connectivity index (χ2n) is 5.08. The number of urea groups is 1. The van der Waals surface area contributed by atoms with Gasteiger partial charge in [-0.2, -0.15) is 0 Å². The Balaban J connectivity index is 1.91. The lowest BCUT2D eigenvalue weighted by Crippen LogP contribution is -2.50. The van der Waals surface area contributed by atoms with Crippen LogP contribution in [0.4, 0.5) is 4.79 Å². The summed E-state index contributed by atoms with van der Waals surface area (Å²) in [5, 5.41) is 11.9. The largest absolute Gasteiger partial charge is 0.394 e. The van der Waals surface area contributed by atoms with Gasteiger partial charge in [0.2, 0.25) is 0 Å². The van der Waals surface area contributed by atoms with E-state index in [1.807, 2.05) is 0 Å². The lowest BCUT2D eigenvalue weighted by molar-refractivity contribution is 0.154. The van der Waals surface area contributed by atoms with Crippen LogP contribution in [0.25, 0.3) is 0 Å². The Bertz CT molecular complexity index is 409. The minimum absolute atomic E-state index is 0.0314. The number of carbonyl (C=O) groups is 1. The molecule has 2 saturated heterocycles. The van der Waals surface area contributed by atoms with Crippen LogP contribution in [0, 0.1) is 0 Å². The number of hydrogen-bond acceptors (Lipinski definition) is 4. The van der Waals surface area contributed by atoms with Gasteiger partial charge in [0.05, 0.1) is 24.2 Å². The smallest absolute Gasteiger partial charge is 0.317 e. The van der Waals surface area contributed by atoms with Gasteiger partial charge in [-0.3, -0.25) is 0 Å². The quantitative estimate of drug-likeness (QED) is 0.727. The molecule has 0 aliphatic carbocycles. The van der Waals surface area contributed by atoms with Gasteiger partial charge in [-0.15, -0.1) is 0 Å². The number of sulfone groups is 1. The van der Waals surface area contributed by atoms with Crippen molar-refractivity contribution in [3.8, 4) is 0 Å². The highest BCUT2D eigenvalue weighted by Crippen LogP contribution is 2.18. The fourth-order valence-electron chi connectivity index (χ4n) is 2.69. The first-order valence-corrected chi connectivity index (χ1v) is 8.22. The highest BCUT2D eigenvalue weighted by atomic mass is 32.2. The predicted molar refractivity (Wildman–Crippen MR) is 67.0 cm³/mol. The van der Waals surface area contributed by atoms with Crippen LogP contribution in [0.5, 0.6) is 0 Å². The number of nitrogens with zero attached hydrogens (tertiary/aromatic N) is 1. The zero-order chi connectivity index (χ0) is 13.2. The fraction of sp³-hybridized carbons (Fsp3) is 0.909. The summed E-state index contributed by atoms with van der Waals surface area (Å²) < 4.78 is 23.0. The molecule has 2 heterocycles. The number of carbonyl (C=O) groups excluding carboxylic acids is 1. The van der Waals surface area contributed by atoms with Crippen LogP contribution >= 0.6 is 0 Å². The van der Waals surface area contributed by atoms with Crippen molar-refractivity contribution in [2.75, 3.05) is 24.7 Å². The summed E-state index contributed by atoms with van der Waals surface area (Å²) in [5.74, 6) is 0.263. The molecule has 104 valence electrons. The first-order valence-electron chi connectivity index (χ1n) is 6.40. The number of aliphatic hydroxyl groups excluding tert-OH is 1. The third kappa shape index (κ3) is 3.14. The molecule has 2 fully saturated rings. The second-order valence-corrected chi connectivity index (χ2v) is 7.30. The number of amides is 2. The first-order chi connectivity index (χ1) is 8.52. The van der Waals surface area contributed by atoms with Gasteiger partial charge < -0.3 is 15.3 Å². The van der Waals surface area contributed by atoms with Gasteiger partial charge in [0, 0.05) is 12.6 Å². The van der Waals surface area contributed by atoms with E-state index in [1.165, 1.54) is 0 Å². The molecule has 0 aromatic heterocycles. The number of likely N-dealkylation sites (tertiary alicyclic amines) is 1. The van der Waals surface area contributed by atoms with Gasteiger partial charge in [-0.1, -0.05) is 0 Å². The zero-order valence-corrected chi connectivity index (χ0v) is 11.2. The Morgan fingerprint density at radius 2 is 2.11 bits per heavy atom. The molecule has 2 atom stereocenters. The number of aliphatic hydroxyl groups is 1. The van der Waals surface area contributed by atoms with E-state index >= 15 is 0 Å². The molecule has 0 spiro atoms. The van der Waals surface area contributed by atoms with Crippen molar-refractivity contribution in [2.24, 2.45) is 0 Å². The van der Waals surface area contributed by atoms with E-state index in [-0.39, 0.29) is 36.2 Å². The lowest BCUT2D eigenvalue weighted by atomic mass is 10.2. The van der Waals surface area contributed by atoms with Gasteiger partial charge in [0.15, 0.2) is 9.84 Å². The molecular formula is C11H20N2O4S. The molecule has 6 nitrogen and oxygen atoms in total. The molecular weight excluding hydrogens is 256 g/mol. The molecule has 0 radical (unpaired) electrons. The summed E-state index contributed by atoms with van der Waals surface area (Å²) in [6, 6.07) is -0.643. The summed E-state index contributed by atoms with van der Waals surface area (Å²) in [7, 11) is -3.00. The fourth-order valence-corrected chi connectivity index (χ4v) is 4.32. The van der Waals surface area contributed by atoms with Gasteiger partial charge in [0.1, 0.15) is 0 Å². The molecule has 2 aliphatic rings. The normalized spacial score (nSPS) is 31.3. The van der Waals surface area contributed by atoms with E-state index in [4.69, 9.17) is 5.11 Å². The SMILES string of the molecule is O=C(NC1CCCS(=O)(=O)C1)N1CCC[C@@H]1CO. The molecule has 0 bridgehead atoms. The van der Waals surface area contributed by atoms with E-state index in [9.17, 15) is 13.2 Å². The van der Waals surface area contributed by atoms with Crippen molar-refractivity contribution in [3.63, 3.8) is 0 Å². The van der Waals surface area contributed by atoms with Crippen molar-refractivity contribution < 1.29 is 18.3 Å². The monoisotopic (exact) mass is 276 g/mol. The molecule has 2 N–H and O–H groups in total. The summed E-state index contributed by atoms with van der Waals surface area (Å²) in [4.78, 5) is 13.6. The van der Waals surface area contributed by atoms with Crippen molar-refractivity contribution in [3.05, 3.63) is 0 Å². The molecule has 0 aromatic rings. The van der Waals surface area contributed by atoms with Crippen LogP contribution in [-0.4, -0.2) is 61.2 Å². The minimum atomic E-state index is -3.00. The Morgan fingerprint density at radius 3 is 2.78 bits per heavy atom. The molecule has 7 heteroatoms. The Hall–Kier alpha value is -0.820. The molecule has 2 rings (SSSR count). The van der Waals surface area contributed by atoms with Crippen LogP contribution in [0.3, 0.4) is 0 Å². The van der Waals surface area contributed by atoms with Crippen molar-refractivity contribution in [2.45, 2.75) is 37.8 Å². The van der Waals surface area contributed by atoms with Crippen molar-refractivity contribution in [1.82, 2.24) is 10.2 Å². The standard InChI is InChI=1S/C11H20N2O4S/c14-7-10-4-1-5-13(10)11(15)12-9-3-2-6-18(16,17)8-9/h9-10,14H,1-8H2,(H,12,15)/t9?,10-/m1/s1. The van der Waals surface area contributed by atoms with E-state index in [2.05, 4.69) is 5.32 Å². The average molecular weight is 276 g/mol. The highest BCUT2D eigenvalue weighted by molar-refractivity contribution is 7.91. The van der Waals surface area contributed by atoms with Crippen LogP contribution in [0.15, 0.2) is 0 Å². The van der Waals surface area contributed by atoms with Crippen LogP contribution < -0.4 is 5.32 Å². The third-order valence-electron chi connectivity index (χ3n) is 3.64. The van der Waals surface area contributed by atoms with Gasteiger partial charge in [0.25, 0.3) is 0 Å². The number of nitrogens with one attached hydrogen (secondary N) is 1. The molecule has 0 aromatic carbocycles. The molecule has 0 saturated carbocycles. The van der Waals surface area contributed by atoms with E-state index in [0.29, 0.717) is 19.4 Å². The van der Waals surface area contributed by atoms with Crippen molar-refractivity contribution in [1.29, 1.82) is 0 Å². The predicted octanol–water partition coefficient (Wildman–Crippen LogP) is -0.270. The summed E-state index contributed by atoms with van der Waals surface area (Å²) >= 11 is 0. The van der Waals surface area contributed by atoms with E-state index in [0.717, 1.165) is 12.8 Å². The third-order valence-corrected chi connectivity index (χ3v) is 5.46. The Kier molecular flexibility index (Phi) is 4.11.